The lowest BCUT2D eigenvalue weighted by atomic mass is 9.90. The van der Waals surface area contributed by atoms with E-state index >= 15 is 0 Å². The van der Waals surface area contributed by atoms with Gasteiger partial charge in [-0.2, -0.15) is 0 Å². The molecule has 2 rings (SSSR count). The molecule has 0 aliphatic heterocycles. The van der Waals surface area contributed by atoms with Crippen molar-refractivity contribution in [1.82, 2.24) is 0 Å². The molecule has 0 aromatic heterocycles. The van der Waals surface area contributed by atoms with Crippen molar-refractivity contribution in [3.8, 4) is 0 Å². The Balaban J connectivity index is 2.57. The van der Waals surface area contributed by atoms with E-state index < -0.39 is 25.4 Å². The Kier molecular flexibility index (Phi) is 5.21. The fourth-order valence-electron chi connectivity index (χ4n) is 3.03. The van der Waals surface area contributed by atoms with Gasteiger partial charge in [0.25, 0.3) is 0 Å². The summed E-state index contributed by atoms with van der Waals surface area (Å²) in [6.45, 7) is 6.70. The monoisotopic (exact) mass is 346 g/mol. The van der Waals surface area contributed by atoms with Gasteiger partial charge >= 0.3 is 0 Å². The minimum Gasteiger partial charge on any atom is -0.387 e. The Bertz CT molecular complexity index is 762. The fourth-order valence-corrected chi connectivity index (χ4v) is 5.21. The minimum absolute atomic E-state index is 0.253. The lowest BCUT2D eigenvalue weighted by Crippen LogP contribution is -2.51. The molecular weight excluding hydrogens is 320 g/mol. The molecule has 0 radical (unpaired) electrons. The molecule has 0 unspecified atom stereocenters. The maximum Gasteiger partial charge on any atom is 0.163 e. The number of benzene rings is 2. The summed E-state index contributed by atoms with van der Waals surface area (Å²) in [5, 5.41) is 11.0. The Morgan fingerprint density at radius 2 is 1.33 bits per heavy atom. The third kappa shape index (κ3) is 3.40. The van der Waals surface area contributed by atoms with E-state index in [1.54, 1.807) is 39.8 Å². The lowest BCUT2D eigenvalue weighted by Gasteiger charge is -2.39. The fraction of sp³-hybridized carbons (Fsp3) is 0.400. The summed E-state index contributed by atoms with van der Waals surface area (Å²) < 4.78 is 24.4. The standard InChI is InChI=1S/C20H26O3S/c1-19(2,3)24(22,23)20(4,15-16-11-7-5-8-12-16)18(21)17-13-9-6-10-14-17/h5-14,18,21H,15H2,1-4H3/t18-,20+/m1/s1. The average molecular weight is 346 g/mol. The summed E-state index contributed by atoms with van der Waals surface area (Å²) in [5.74, 6) is 0. The van der Waals surface area contributed by atoms with Crippen LogP contribution in [0.5, 0.6) is 0 Å². The Labute approximate surface area is 145 Å². The lowest BCUT2D eigenvalue weighted by molar-refractivity contribution is 0.129. The van der Waals surface area contributed by atoms with E-state index in [0.717, 1.165) is 5.56 Å². The molecule has 2 aromatic carbocycles. The quantitative estimate of drug-likeness (QED) is 0.892. The van der Waals surface area contributed by atoms with Crippen LogP contribution < -0.4 is 0 Å². The highest BCUT2D eigenvalue weighted by Crippen LogP contribution is 2.41. The third-order valence-corrected chi connectivity index (χ3v) is 7.72. The molecule has 0 aliphatic carbocycles. The van der Waals surface area contributed by atoms with Crippen LogP contribution in [0.15, 0.2) is 60.7 Å². The number of hydrogen-bond acceptors (Lipinski definition) is 3. The Morgan fingerprint density at radius 3 is 1.79 bits per heavy atom. The van der Waals surface area contributed by atoms with Crippen LogP contribution in [0.3, 0.4) is 0 Å². The molecule has 4 heteroatoms. The molecule has 2 atom stereocenters. The van der Waals surface area contributed by atoms with Crippen molar-refractivity contribution >= 4 is 9.84 Å². The molecular formula is C20H26O3S. The van der Waals surface area contributed by atoms with Gasteiger partial charge in [0.2, 0.25) is 0 Å². The van der Waals surface area contributed by atoms with Crippen LogP contribution in [0.2, 0.25) is 0 Å². The molecule has 1 N–H and O–H groups in total. The van der Waals surface area contributed by atoms with Crippen molar-refractivity contribution in [3.05, 3.63) is 71.8 Å². The summed E-state index contributed by atoms with van der Waals surface area (Å²) in [4.78, 5) is 0. The maximum atomic E-state index is 13.3. The number of sulfone groups is 1. The molecule has 0 bridgehead atoms. The highest BCUT2D eigenvalue weighted by atomic mass is 32.2. The molecule has 0 heterocycles. The molecule has 2 aromatic rings. The van der Waals surface area contributed by atoms with E-state index in [0.29, 0.717) is 5.56 Å². The minimum atomic E-state index is -3.63. The highest BCUT2D eigenvalue weighted by Gasteiger charge is 2.51. The van der Waals surface area contributed by atoms with E-state index in [2.05, 4.69) is 0 Å². The summed E-state index contributed by atoms with van der Waals surface area (Å²) >= 11 is 0. The molecule has 0 saturated carbocycles. The van der Waals surface area contributed by atoms with E-state index in [1.165, 1.54) is 0 Å². The largest absolute Gasteiger partial charge is 0.387 e. The number of aliphatic hydroxyl groups is 1. The topological polar surface area (TPSA) is 54.4 Å². The van der Waals surface area contributed by atoms with E-state index in [-0.39, 0.29) is 6.42 Å². The zero-order chi connectivity index (χ0) is 18.0. The second kappa shape index (κ2) is 6.69. The van der Waals surface area contributed by atoms with Crippen LogP contribution in [0, 0.1) is 0 Å². The van der Waals surface area contributed by atoms with Gasteiger partial charge in [-0.25, -0.2) is 8.42 Å². The van der Waals surface area contributed by atoms with Crippen molar-refractivity contribution in [2.45, 2.75) is 49.7 Å². The predicted octanol–water partition coefficient (Wildman–Crippen LogP) is 3.93. The highest BCUT2D eigenvalue weighted by molar-refractivity contribution is 7.94. The first kappa shape index (κ1) is 18.7. The first-order valence-electron chi connectivity index (χ1n) is 8.11. The van der Waals surface area contributed by atoms with Gasteiger partial charge in [0.05, 0.1) is 10.9 Å². The normalized spacial score (nSPS) is 16.4. The van der Waals surface area contributed by atoms with Gasteiger partial charge in [0, 0.05) is 0 Å². The molecule has 24 heavy (non-hydrogen) atoms. The number of hydrogen-bond donors (Lipinski definition) is 1. The second-order valence-corrected chi connectivity index (χ2v) is 10.6. The van der Waals surface area contributed by atoms with Gasteiger partial charge in [0.1, 0.15) is 4.75 Å². The smallest absolute Gasteiger partial charge is 0.163 e. The summed E-state index contributed by atoms with van der Waals surface area (Å²) in [6.07, 6.45) is -0.855. The van der Waals surface area contributed by atoms with Crippen molar-refractivity contribution < 1.29 is 13.5 Å². The Morgan fingerprint density at radius 1 is 0.875 bits per heavy atom. The molecule has 3 nitrogen and oxygen atoms in total. The molecule has 0 spiro atoms. The van der Waals surface area contributed by atoms with E-state index in [1.807, 2.05) is 48.5 Å². The number of aliphatic hydroxyl groups excluding tert-OH is 1. The molecule has 130 valence electrons. The van der Waals surface area contributed by atoms with Crippen molar-refractivity contribution in [1.29, 1.82) is 0 Å². The molecule has 0 amide bonds. The van der Waals surface area contributed by atoms with Gasteiger partial charge in [-0.15, -0.1) is 0 Å². The molecule has 0 aliphatic rings. The van der Waals surface area contributed by atoms with Crippen LogP contribution >= 0.6 is 0 Å². The first-order valence-corrected chi connectivity index (χ1v) is 9.59. The summed E-state index contributed by atoms with van der Waals surface area (Å²) in [7, 11) is -3.63. The average Bonchev–Trinajstić information content (AvgIpc) is 2.54. The van der Waals surface area contributed by atoms with Crippen LogP contribution in [-0.2, 0) is 16.3 Å². The molecule has 0 saturated heterocycles. The van der Waals surface area contributed by atoms with Gasteiger partial charge in [0.15, 0.2) is 9.84 Å². The summed E-state index contributed by atoms with van der Waals surface area (Å²) in [5.41, 5.74) is 1.51. The van der Waals surface area contributed by atoms with Crippen molar-refractivity contribution in [2.75, 3.05) is 0 Å². The van der Waals surface area contributed by atoms with Gasteiger partial charge in [-0.3, -0.25) is 0 Å². The van der Waals surface area contributed by atoms with Crippen LogP contribution in [-0.4, -0.2) is 23.0 Å². The van der Waals surface area contributed by atoms with Crippen molar-refractivity contribution in [2.24, 2.45) is 0 Å². The van der Waals surface area contributed by atoms with Crippen molar-refractivity contribution in [3.63, 3.8) is 0 Å². The second-order valence-electron chi connectivity index (χ2n) is 7.40. The van der Waals surface area contributed by atoms with Gasteiger partial charge in [-0.1, -0.05) is 60.7 Å². The van der Waals surface area contributed by atoms with E-state index in [4.69, 9.17) is 0 Å². The van der Waals surface area contributed by atoms with Crippen LogP contribution in [0.25, 0.3) is 0 Å². The molecule has 0 fully saturated rings. The van der Waals surface area contributed by atoms with Gasteiger partial charge < -0.3 is 5.11 Å². The number of rotatable bonds is 5. The maximum absolute atomic E-state index is 13.3. The summed E-state index contributed by atoms with van der Waals surface area (Å²) in [6, 6.07) is 18.5. The SMILES string of the molecule is CC(C)(C)S(=O)(=O)[C@@](C)(Cc1ccccc1)[C@H](O)c1ccccc1. The Hall–Kier alpha value is -1.65. The van der Waals surface area contributed by atoms with E-state index in [9.17, 15) is 13.5 Å². The third-order valence-electron chi connectivity index (χ3n) is 4.51. The van der Waals surface area contributed by atoms with Crippen LogP contribution in [0.1, 0.15) is 44.9 Å². The van der Waals surface area contributed by atoms with Crippen LogP contribution in [0.4, 0.5) is 0 Å². The van der Waals surface area contributed by atoms with Gasteiger partial charge in [-0.05, 0) is 45.2 Å². The predicted molar refractivity (Wildman–Crippen MR) is 98.6 cm³/mol. The zero-order valence-corrected chi connectivity index (χ0v) is 15.5. The zero-order valence-electron chi connectivity index (χ0n) is 14.7. The first-order chi connectivity index (χ1) is 11.1.